The van der Waals surface area contributed by atoms with Crippen LogP contribution in [0.5, 0.6) is 5.75 Å². The van der Waals surface area contributed by atoms with Crippen molar-refractivity contribution < 1.29 is 14.0 Å². The fraction of sp³-hybridized carbons (Fsp3) is 0.625. The summed E-state index contributed by atoms with van der Waals surface area (Å²) >= 11 is 0. The molecule has 1 aromatic rings. The lowest BCUT2D eigenvalue weighted by Crippen LogP contribution is -2.40. The lowest BCUT2D eigenvalue weighted by Gasteiger charge is -2.25. The van der Waals surface area contributed by atoms with Crippen molar-refractivity contribution in [3.05, 3.63) is 23.3 Å². The molecule has 3 rings (SSSR count). The fourth-order valence-corrected chi connectivity index (χ4v) is 3.15. The molecule has 0 unspecified atom stereocenters. The van der Waals surface area contributed by atoms with E-state index in [1.807, 2.05) is 13.8 Å². The Morgan fingerprint density at radius 1 is 1.30 bits per heavy atom. The molecule has 0 N–H and O–H groups in total. The monoisotopic (exact) mass is 274 g/mol. The fourth-order valence-electron chi connectivity index (χ4n) is 3.15. The number of aryl methyl sites for hydroxylation is 1. The summed E-state index contributed by atoms with van der Waals surface area (Å²) in [4.78, 5) is 0. The molecule has 4 heteroatoms. The minimum absolute atomic E-state index is 0.133. The molecule has 2 aliphatic heterocycles. The summed E-state index contributed by atoms with van der Waals surface area (Å²) in [7, 11) is -0.278. The number of hydrogen-bond donors (Lipinski definition) is 0. The molecule has 0 bridgehead atoms. The molecule has 0 spiro atoms. The largest absolute Gasteiger partial charge is 0.499 e. The maximum Gasteiger partial charge on any atom is 0.499 e. The van der Waals surface area contributed by atoms with Crippen molar-refractivity contribution in [3.8, 4) is 5.75 Å². The van der Waals surface area contributed by atoms with Gasteiger partial charge in [-0.05, 0) is 43.9 Å². The second-order valence-corrected chi connectivity index (χ2v) is 6.33. The lowest BCUT2D eigenvalue weighted by molar-refractivity contribution is 0.0267. The van der Waals surface area contributed by atoms with Crippen LogP contribution in [0.1, 0.15) is 57.8 Å². The van der Waals surface area contributed by atoms with Crippen LogP contribution >= 0.6 is 0 Å². The number of ether oxygens (including phenoxy) is 1. The zero-order chi connectivity index (χ0) is 14.3. The second-order valence-electron chi connectivity index (χ2n) is 6.33. The highest BCUT2D eigenvalue weighted by molar-refractivity contribution is 6.64. The Bertz CT molecular complexity index is 513. The molecule has 1 aromatic carbocycles. The van der Waals surface area contributed by atoms with E-state index in [0.717, 1.165) is 30.5 Å². The summed E-state index contributed by atoms with van der Waals surface area (Å²) in [5, 5.41) is 0. The van der Waals surface area contributed by atoms with Crippen LogP contribution in [0.15, 0.2) is 12.1 Å². The average Bonchev–Trinajstić information content (AvgIpc) is 2.70. The second kappa shape index (κ2) is 5.08. The van der Waals surface area contributed by atoms with Crippen molar-refractivity contribution in [3.63, 3.8) is 0 Å². The Morgan fingerprint density at radius 3 is 2.80 bits per heavy atom. The van der Waals surface area contributed by atoms with Crippen LogP contribution in [0, 0.1) is 0 Å². The smallest absolute Gasteiger partial charge is 0.491 e. The highest BCUT2D eigenvalue weighted by Gasteiger charge is 2.45. The van der Waals surface area contributed by atoms with E-state index in [4.69, 9.17) is 14.0 Å². The van der Waals surface area contributed by atoms with Crippen LogP contribution in [0.2, 0.25) is 0 Å². The predicted octanol–water partition coefficient (Wildman–Crippen LogP) is 3.00. The number of rotatable bonds is 3. The zero-order valence-corrected chi connectivity index (χ0v) is 12.9. The standard InChI is InChI=1S/C16H23BO3/c1-5-7-11-8-9-13-15-14(11)12(6-2)19-17(15)20-16(3,4)10-18-13/h8-9,12H,5-7,10H2,1-4H3/t12-/m1/s1. The SMILES string of the molecule is CCCc1ccc2c3c1[C@@H](CC)OB3OC(C)(C)CO2. The van der Waals surface area contributed by atoms with E-state index in [9.17, 15) is 0 Å². The summed E-state index contributed by atoms with van der Waals surface area (Å²) in [6, 6.07) is 4.29. The predicted molar refractivity (Wildman–Crippen MR) is 80.6 cm³/mol. The summed E-state index contributed by atoms with van der Waals surface area (Å²) < 4.78 is 18.3. The van der Waals surface area contributed by atoms with E-state index < -0.39 is 0 Å². The molecule has 0 saturated heterocycles. The number of hydrogen-bond acceptors (Lipinski definition) is 3. The van der Waals surface area contributed by atoms with Gasteiger partial charge >= 0.3 is 7.12 Å². The third-order valence-electron chi connectivity index (χ3n) is 4.07. The number of benzene rings is 1. The van der Waals surface area contributed by atoms with E-state index in [1.165, 1.54) is 11.1 Å². The Labute approximate surface area is 121 Å². The lowest BCUT2D eigenvalue weighted by atomic mass is 9.75. The van der Waals surface area contributed by atoms with E-state index in [1.54, 1.807) is 0 Å². The van der Waals surface area contributed by atoms with Gasteiger partial charge in [-0.25, -0.2) is 0 Å². The van der Waals surface area contributed by atoms with E-state index in [2.05, 4.69) is 26.0 Å². The minimum Gasteiger partial charge on any atom is -0.491 e. The highest BCUT2D eigenvalue weighted by atomic mass is 16.6. The molecule has 0 saturated carbocycles. The molecule has 20 heavy (non-hydrogen) atoms. The van der Waals surface area contributed by atoms with Gasteiger partial charge in [0.25, 0.3) is 0 Å². The maximum atomic E-state index is 6.16. The van der Waals surface area contributed by atoms with Gasteiger partial charge in [0.05, 0.1) is 11.7 Å². The first kappa shape index (κ1) is 14.0. The molecule has 1 atom stereocenters. The molecule has 0 aromatic heterocycles. The summed E-state index contributed by atoms with van der Waals surface area (Å²) in [6.45, 7) is 9.03. The Hall–Kier alpha value is -0.995. The molecular weight excluding hydrogens is 251 g/mol. The van der Waals surface area contributed by atoms with E-state index >= 15 is 0 Å². The van der Waals surface area contributed by atoms with Gasteiger partial charge in [0.1, 0.15) is 12.4 Å². The molecule has 0 radical (unpaired) electrons. The van der Waals surface area contributed by atoms with Crippen molar-refractivity contribution in [2.45, 2.75) is 58.7 Å². The van der Waals surface area contributed by atoms with Crippen molar-refractivity contribution in [2.75, 3.05) is 6.61 Å². The third kappa shape index (κ3) is 2.25. The molecular formula is C16H23BO3. The zero-order valence-electron chi connectivity index (χ0n) is 12.9. The van der Waals surface area contributed by atoms with Crippen molar-refractivity contribution in [2.24, 2.45) is 0 Å². The van der Waals surface area contributed by atoms with Gasteiger partial charge in [-0.15, -0.1) is 0 Å². The molecule has 108 valence electrons. The normalized spacial score (nSPS) is 23.2. The molecule has 2 aliphatic rings. The highest BCUT2D eigenvalue weighted by Crippen LogP contribution is 2.37. The molecule has 2 heterocycles. The molecule has 0 fully saturated rings. The minimum atomic E-state index is -0.325. The Balaban J connectivity index is 2.10. The summed E-state index contributed by atoms with van der Waals surface area (Å²) in [5.74, 6) is 0.936. The van der Waals surface area contributed by atoms with Crippen molar-refractivity contribution >= 4 is 12.6 Å². The quantitative estimate of drug-likeness (QED) is 0.793. The third-order valence-corrected chi connectivity index (χ3v) is 4.07. The summed E-state index contributed by atoms with van der Waals surface area (Å²) in [5.41, 5.74) is 3.50. The van der Waals surface area contributed by atoms with Crippen LogP contribution < -0.4 is 10.2 Å². The van der Waals surface area contributed by atoms with Gasteiger partial charge in [0, 0.05) is 5.46 Å². The topological polar surface area (TPSA) is 27.7 Å². The molecule has 0 aliphatic carbocycles. The van der Waals surface area contributed by atoms with E-state index in [0.29, 0.717) is 6.61 Å². The molecule has 3 nitrogen and oxygen atoms in total. The Morgan fingerprint density at radius 2 is 2.10 bits per heavy atom. The van der Waals surface area contributed by atoms with Gasteiger partial charge < -0.3 is 14.0 Å². The molecule has 0 amide bonds. The van der Waals surface area contributed by atoms with Gasteiger partial charge in [0.2, 0.25) is 0 Å². The first-order valence-electron chi connectivity index (χ1n) is 7.67. The maximum absolute atomic E-state index is 6.16. The van der Waals surface area contributed by atoms with Gasteiger partial charge in [-0.3, -0.25) is 0 Å². The van der Waals surface area contributed by atoms with Gasteiger partial charge in [-0.2, -0.15) is 0 Å². The summed E-state index contributed by atoms with van der Waals surface area (Å²) in [6.07, 6.45) is 3.32. The first-order chi connectivity index (χ1) is 9.55. The van der Waals surface area contributed by atoms with Crippen LogP contribution in [0.25, 0.3) is 0 Å². The average molecular weight is 274 g/mol. The van der Waals surface area contributed by atoms with Crippen LogP contribution in [-0.2, 0) is 15.7 Å². The first-order valence-corrected chi connectivity index (χ1v) is 7.67. The van der Waals surface area contributed by atoms with Gasteiger partial charge in [-0.1, -0.05) is 26.3 Å². The van der Waals surface area contributed by atoms with Gasteiger partial charge in [0.15, 0.2) is 0 Å². The van der Waals surface area contributed by atoms with Crippen LogP contribution in [0.3, 0.4) is 0 Å². The van der Waals surface area contributed by atoms with Crippen molar-refractivity contribution in [1.29, 1.82) is 0 Å². The van der Waals surface area contributed by atoms with Crippen molar-refractivity contribution in [1.82, 2.24) is 0 Å². The van der Waals surface area contributed by atoms with E-state index in [-0.39, 0.29) is 18.8 Å². The van der Waals surface area contributed by atoms with Crippen LogP contribution in [0.4, 0.5) is 0 Å². The Kier molecular flexibility index (Phi) is 3.55. The van der Waals surface area contributed by atoms with Crippen LogP contribution in [-0.4, -0.2) is 19.3 Å².